The van der Waals surface area contributed by atoms with Gasteiger partial charge in [-0.15, -0.1) is 11.3 Å². The summed E-state index contributed by atoms with van der Waals surface area (Å²) in [5, 5.41) is 26.1. The molecule has 2 heterocycles. The van der Waals surface area contributed by atoms with Crippen molar-refractivity contribution in [2.24, 2.45) is 0 Å². The van der Waals surface area contributed by atoms with Crippen molar-refractivity contribution in [3.05, 3.63) is 124 Å². The van der Waals surface area contributed by atoms with Crippen LogP contribution < -0.4 is 15.4 Å². The van der Waals surface area contributed by atoms with Crippen LogP contribution in [0.2, 0.25) is 0 Å². The van der Waals surface area contributed by atoms with Crippen molar-refractivity contribution < 1.29 is 29.3 Å². The molecular formula is C40H40N4O6S. The number of hydrogen-bond acceptors (Lipinski definition) is 8. The highest BCUT2D eigenvalue weighted by molar-refractivity contribution is 7.14. The first-order chi connectivity index (χ1) is 24.4. The Morgan fingerprint density at radius 3 is 2.08 bits per heavy atom. The lowest BCUT2D eigenvalue weighted by Gasteiger charge is -2.24. The summed E-state index contributed by atoms with van der Waals surface area (Å²) in [6.45, 7) is 6.15. The van der Waals surface area contributed by atoms with Gasteiger partial charge in [0.25, 0.3) is 5.91 Å². The van der Waals surface area contributed by atoms with Gasteiger partial charge >= 0.3 is 5.97 Å². The number of carboxylic acids is 1. The number of ether oxygens (including phenoxy) is 1. The van der Waals surface area contributed by atoms with Crippen LogP contribution in [0.1, 0.15) is 65.4 Å². The smallest absolute Gasteiger partial charge is 0.329 e. The number of carbonyl (C=O) groups excluding carboxylic acids is 2. The second-order valence-electron chi connectivity index (χ2n) is 13.7. The molecule has 5 aromatic rings. The number of aromatic nitrogens is 2. The fraction of sp³-hybridized carbons (Fsp3) is 0.275. The molecule has 1 fully saturated rings. The molecule has 10 nitrogen and oxygen atoms in total. The zero-order chi connectivity index (χ0) is 36.1. The van der Waals surface area contributed by atoms with Crippen LogP contribution in [-0.2, 0) is 21.4 Å². The Hall–Kier alpha value is -5.39. The molecule has 262 valence electrons. The first-order valence-corrected chi connectivity index (χ1v) is 17.6. The predicted octanol–water partition coefficient (Wildman–Crippen LogP) is 6.35. The van der Waals surface area contributed by atoms with Gasteiger partial charge in [-0.3, -0.25) is 9.59 Å². The number of amides is 2. The van der Waals surface area contributed by atoms with E-state index in [1.54, 1.807) is 48.8 Å². The minimum atomic E-state index is -1.65. The summed E-state index contributed by atoms with van der Waals surface area (Å²) in [7, 11) is 0. The summed E-state index contributed by atoms with van der Waals surface area (Å²) in [5.41, 5.74) is 3.49. The van der Waals surface area contributed by atoms with Crippen LogP contribution in [0.4, 0.5) is 0 Å². The topological polar surface area (TPSA) is 151 Å². The fourth-order valence-corrected chi connectivity index (χ4v) is 6.40. The van der Waals surface area contributed by atoms with E-state index < -0.39 is 36.0 Å². The SMILES string of the molecule is CC(C)(C)c1ccc(C(=O)N[C@@H](Cc2ccc(-c3ncc(-c4ccc(OC5CC5)cc4)cn3)cc2)C(=O)NC(C(=O)O)C(O)c2ccccc2)s1. The van der Waals surface area contributed by atoms with Crippen LogP contribution in [0, 0.1) is 0 Å². The van der Waals surface area contributed by atoms with Crippen molar-refractivity contribution in [3.63, 3.8) is 0 Å². The molecule has 4 N–H and O–H groups in total. The van der Waals surface area contributed by atoms with Crippen LogP contribution >= 0.6 is 11.3 Å². The number of carbonyl (C=O) groups is 3. The van der Waals surface area contributed by atoms with E-state index in [1.165, 1.54) is 11.3 Å². The van der Waals surface area contributed by atoms with Gasteiger partial charge in [0.2, 0.25) is 5.91 Å². The minimum Gasteiger partial charge on any atom is -0.490 e. The van der Waals surface area contributed by atoms with E-state index in [-0.39, 0.29) is 11.8 Å². The molecule has 1 aliphatic rings. The summed E-state index contributed by atoms with van der Waals surface area (Å²) in [6, 6.07) is 24.2. The van der Waals surface area contributed by atoms with E-state index in [4.69, 9.17) is 4.74 Å². The van der Waals surface area contributed by atoms with Crippen LogP contribution in [0.15, 0.2) is 103 Å². The summed E-state index contributed by atoms with van der Waals surface area (Å²) in [6.07, 6.45) is 4.62. The van der Waals surface area contributed by atoms with Crippen molar-refractivity contribution in [1.82, 2.24) is 20.6 Å². The Balaban J connectivity index is 1.18. The highest BCUT2D eigenvalue weighted by Crippen LogP contribution is 2.30. The van der Waals surface area contributed by atoms with E-state index in [1.807, 2.05) is 75.4 Å². The molecule has 0 spiro atoms. The Kier molecular flexibility index (Phi) is 10.6. The number of thiophene rings is 1. The van der Waals surface area contributed by atoms with Crippen molar-refractivity contribution in [3.8, 4) is 28.3 Å². The molecule has 3 aromatic carbocycles. The molecule has 0 radical (unpaired) electrons. The number of carboxylic acid groups (broad SMARTS) is 1. The maximum absolute atomic E-state index is 13.7. The Morgan fingerprint density at radius 2 is 1.49 bits per heavy atom. The van der Waals surface area contributed by atoms with Gasteiger partial charge in [0.1, 0.15) is 17.9 Å². The molecule has 0 saturated heterocycles. The first kappa shape index (κ1) is 35.4. The Morgan fingerprint density at radius 1 is 0.843 bits per heavy atom. The molecule has 3 atom stereocenters. The van der Waals surface area contributed by atoms with E-state index in [0.29, 0.717) is 27.9 Å². The summed E-state index contributed by atoms with van der Waals surface area (Å²) in [5.74, 6) is -1.23. The molecule has 1 saturated carbocycles. The zero-order valence-electron chi connectivity index (χ0n) is 28.6. The molecule has 1 aliphatic carbocycles. The van der Waals surface area contributed by atoms with Gasteiger partial charge in [-0.1, -0.05) is 87.5 Å². The highest BCUT2D eigenvalue weighted by Gasteiger charge is 2.33. The van der Waals surface area contributed by atoms with Gasteiger partial charge in [-0.25, -0.2) is 14.8 Å². The number of aliphatic hydroxyl groups excluding tert-OH is 1. The van der Waals surface area contributed by atoms with Crippen LogP contribution in [0.5, 0.6) is 5.75 Å². The highest BCUT2D eigenvalue weighted by atomic mass is 32.1. The van der Waals surface area contributed by atoms with Crippen molar-refractivity contribution in [2.45, 2.75) is 69.7 Å². The number of aliphatic carboxylic acids is 1. The molecule has 6 rings (SSSR count). The molecule has 0 aliphatic heterocycles. The number of hydrogen-bond donors (Lipinski definition) is 4. The van der Waals surface area contributed by atoms with Gasteiger partial charge < -0.3 is 25.6 Å². The molecular weight excluding hydrogens is 665 g/mol. The number of benzene rings is 3. The minimum absolute atomic E-state index is 0.0589. The van der Waals surface area contributed by atoms with Gasteiger partial charge in [-0.2, -0.15) is 0 Å². The molecule has 11 heteroatoms. The fourth-order valence-electron chi connectivity index (χ4n) is 5.43. The third kappa shape index (κ3) is 9.05. The number of nitrogens with zero attached hydrogens (tertiary/aromatic N) is 2. The molecule has 51 heavy (non-hydrogen) atoms. The van der Waals surface area contributed by atoms with Crippen LogP contribution in [0.3, 0.4) is 0 Å². The lowest BCUT2D eigenvalue weighted by Crippen LogP contribution is -2.54. The monoisotopic (exact) mass is 704 g/mol. The van der Waals surface area contributed by atoms with Gasteiger partial charge in [-0.05, 0) is 59.2 Å². The largest absolute Gasteiger partial charge is 0.490 e. The predicted molar refractivity (Wildman–Crippen MR) is 195 cm³/mol. The first-order valence-electron chi connectivity index (χ1n) is 16.8. The van der Waals surface area contributed by atoms with Crippen molar-refractivity contribution in [2.75, 3.05) is 0 Å². The van der Waals surface area contributed by atoms with Gasteiger partial charge in [0.05, 0.1) is 11.0 Å². The van der Waals surface area contributed by atoms with E-state index in [2.05, 4.69) is 20.6 Å². The number of aliphatic hydroxyl groups is 1. The average Bonchev–Trinajstić information content (AvgIpc) is 3.79. The number of rotatable bonds is 13. The summed E-state index contributed by atoms with van der Waals surface area (Å²) >= 11 is 1.34. The second-order valence-corrected chi connectivity index (χ2v) is 14.7. The third-order valence-electron chi connectivity index (χ3n) is 8.53. The van der Waals surface area contributed by atoms with E-state index >= 15 is 0 Å². The average molecular weight is 705 g/mol. The van der Waals surface area contributed by atoms with Gasteiger partial charge in [0.15, 0.2) is 11.9 Å². The lowest BCUT2D eigenvalue weighted by molar-refractivity contribution is -0.145. The maximum atomic E-state index is 13.7. The quantitative estimate of drug-likeness (QED) is 0.111. The summed E-state index contributed by atoms with van der Waals surface area (Å²) < 4.78 is 5.84. The maximum Gasteiger partial charge on any atom is 0.329 e. The van der Waals surface area contributed by atoms with Gasteiger partial charge in [0, 0.05) is 34.8 Å². The van der Waals surface area contributed by atoms with Crippen LogP contribution in [-0.4, -0.2) is 56.2 Å². The van der Waals surface area contributed by atoms with Crippen molar-refractivity contribution in [1.29, 1.82) is 0 Å². The Labute approximate surface area is 300 Å². The zero-order valence-corrected chi connectivity index (χ0v) is 29.4. The standard InChI is InChI=1S/C40H40N4O6S/c1-40(2,3)33-20-19-32(51-33)38(47)43-31(37(46)44-34(39(48)49)35(45)26-7-5-4-6-8-26)21-24-9-11-27(12-10-24)36-41-22-28(23-42-36)25-13-15-29(16-14-25)50-30-17-18-30/h4-16,19-20,22-23,30-31,34-35,45H,17-18,21H2,1-3H3,(H,43,47)(H,44,46)(H,48,49)/t31-,34?,35?/m0/s1. The summed E-state index contributed by atoms with van der Waals surface area (Å²) in [4.78, 5) is 49.9. The molecule has 2 aromatic heterocycles. The second kappa shape index (κ2) is 15.2. The van der Waals surface area contributed by atoms with E-state index in [9.17, 15) is 24.6 Å². The Bertz CT molecular complexity index is 1970. The van der Waals surface area contributed by atoms with Crippen molar-refractivity contribution >= 4 is 29.1 Å². The van der Waals surface area contributed by atoms with Crippen LogP contribution in [0.25, 0.3) is 22.5 Å². The lowest BCUT2D eigenvalue weighted by atomic mass is 9.95. The molecule has 2 unspecified atom stereocenters. The third-order valence-corrected chi connectivity index (χ3v) is 10.0. The van der Waals surface area contributed by atoms with E-state index in [0.717, 1.165) is 40.2 Å². The normalized spacial score (nSPS) is 14.6. The number of nitrogens with one attached hydrogen (secondary N) is 2. The molecule has 0 bridgehead atoms. The molecule has 2 amide bonds.